The van der Waals surface area contributed by atoms with E-state index in [4.69, 9.17) is 11.6 Å². The molecule has 21 heavy (non-hydrogen) atoms. The number of nitrogens with one attached hydrogen (secondary N) is 1. The molecule has 3 rings (SSSR count). The Kier molecular flexibility index (Phi) is 4.41. The highest BCUT2D eigenvalue weighted by atomic mass is 35.5. The Bertz CT molecular complexity index is 610. The van der Waals surface area contributed by atoms with Crippen molar-refractivity contribution >= 4 is 17.3 Å². The van der Waals surface area contributed by atoms with Gasteiger partial charge >= 0.3 is 0 Å². The Morgan fingerprint density at radius 1 is 1.33 bits per heavy atom. The lowest BCUT2D eigenvalue weighted by Crippen LogP contribution is -2.34. The van der Waals surface area contributed by atoms with Gasteiger partial charge in [-0.1, -0.05) is 30.7 Å². The van der Waals surface area contributed by atoms with Crippen molar-refractivity contribution in [2.75, 3.05) is 18.0 Å². The molecule has 0 saturated heterocycles. The van der Waals surface area contributed by atoms with Crippen LogP contribution in [0.3, 0.4) is 0 Å². The molecule has 0 radical (unpaired) electrons. The average molecular weight is 306 g/mol. The second kappa shape index (κ2) is 6.45. The monoisotopic (exact) mass is 305 g/mol. The zero-order valence-corrected chi connectivity index (χ0v) is 13.0. The van der Waals surface area contributed by atoms with Crippen molar-refractivity contribution in [3.8, 4) is 0 Å². The molecule has 0 amide bonds. The number of fused-ring (bicyclic) bond motifs is 1. The van der Waals surface area contributed by atoms with E-state index in [1.165, 1.54) is 5.56 Å². The van der Waals surface area contributed by atoms with Gasteiger partial charge in [-0.3, -0.25) is 0 Å². The van der Waals surface area contributed by atoms with Gasteiger partial charge in [-0.05, 0) is 24.6 Å². The summed E-state index contributed by atoms with van der Waals surface area (Å²) in [6.45, 7) is 6.60. The van der Waals surface area contributed by atoms with Gasteiger partial charge in [0.1, 0.15) is 6.33 Å². The van der Waals surface area contributed by atoms with Gasteiger partial charge in [0.15, 0.2) is 5.82 Å². The predicted octanol–water partition coefficient (Wildman–Crippen LogP) is 2.45. The largest absolute Gasteiger partial charge is 0.361 e. The standard InChI is InChI=1S/C15H20ClN5/c1-2-6-17-9-12-4-3-5-13(16)15(12)20-7-8-21-11-18-19-14(21)10-20/h3-5,11,17H,2,6-10H2,1H3. The molecule has 112 valence electrons. The third-order valence-electron chi connectivity index (χ3n) is 3.77. The lowest BCUT2D eigenvalue weighted by Gasteiger charge is -2.31. The van der Waals surface area contributed by atoms with E-state index in [0.717, 1.165) is 55.7 Å². The van der Waals surface area contributed by atoms with Crippen LogP contribution in [0.2, 0.25) is 5.02 Å². The first-order valence-corrected chi connectivity index (χ1v) is 7.77. The van der Waals surface area contributed by atoms with Crippen molar-refractivity contribution in [3.63, 3.8) is 0 Å². The number of nitrogens with zero attached hydrogens (tertiary/aromatic N) is 4. The SMILES string of the molecule is CCCNCc1cccc(Cl)c1N1CCn2cnnc2C1. The van der Waals surface area contributed by atoms with E-state index in [-0.39, 0.29) is 0 Å². The van der Waals surface area contributed by atoms with E-state index in [2.05, 4.69) is 38.0 Å². The minimum Gasteiger partial charge on any atom is -0.361 e. The zero-order chi connectivity index (χ0) is 14.7. The number of benzene rings is 1. The molecule has 2 aromatic rings. The van der Waals surface area contributed by atoms with Crippen LogP contribution in [0.4, 0.5) is 5.69 Å². The molecule has 6 heteroatoms. The van der Waals surface area contributed by atoms with Gasteiger partial charge in [0, 0.05) is 19.6 Å². The summed E-state index contributed by atoms with van der Waals surface area (Å²) in [5.41, 5.74) is 2.36. The lowest BCUT2D eigenvalue weighted by molar-refractivity contribution is 0.557. The van der Waals surface area contributed by atoms with Gasteiger partial charge in [0.25, 0.3) is 0 Å². The molecule has 0 bridgehead atoms. The summed E-state index contributed by atoms with van der Waals surface area (Å²) in [7, 11) is 0. The van der Waals surface area contributed by atoms with Crippen molar-refractivity contribution in [2.24, 2.45) is 0 Å². The fraction of sp³-hybridized carbons (Fsp3) is 0.467. The molecule has 0 spiro atoms. The molecule has 0 fully saturated rings. The van der Waals surface area contributed by atoms with Gasteiger partial charge in [0.05, 0.1) is 17.3 Å². The molecule has 1 aliphatic heterocycles. The zero-order valence-electron chi connectivity index (χ0n) is 12.2. The number of hydrogen-bond donors (Lipinski definition) is 1. The van der Waals surface area contributed by atoms with Crippen LogP contribution in [0.15, 0.2) is 24.5 Å². The van der Waals surface area contributed by atoms with Gasteiger partial charge in [-0.2, -0.15) is 0 Å². The first-order valence-electron chi connectivity index (χ1n) is 7.39. The quantitative estimate of drug-likeness (QED) is 0.862. The Hall–Kier alpha value is -1.59. The van der Waals surface area contributed by atoms with Gasteiger partial charge < -0.3 is 14.8 Å². The Morgan fingerprint density at radius 3 is 3.10 bits per heavy atom. The fourth-order valence-corrected chi connectivity index (χ4v) is 3.03. The lowest BCUT2D eigenvalue weighted by atomic mass is 10.1. The van der Waals surface area contributed by atoms with Crippen LogP contribution < -0.4 is 10.2 Å². The van der Waals surface area contributed by atoms with Gasteiger partial charge in [-0.25, -0.2) is 0 Å². The van der Waals surface area contributed by atoms with Gasteiger partial charge in [0.2, 0.25) is 0 Å². The number of hydrogen-bond acceptors (Lipinski definition) is 4. The summed E-state index contributed by atoms with van der Waals surface area (Å²) in [6.07, 6.45) is 2.92. The Balaban J connectivity index is 1.84. The van der Waals surface area contributed by atoms with Crippen LogP contribution in [-0.4, -0.2) is 27.9 Å². The number of anilines is 1. The minimum atomic E-state index is 0.754. The number of para-hydroxylation sites is 1. The van der Waals surface area contributed by atoms with E-state index >= 15 is 0 Å². The number of halogens is 1. The van der Waals surface area contributed by atoms with E-state index in [1.807, 2.05) is 12.1 Å². The van der Waals surface area contributed by atoms with Crippen molar-refractivity contribution in [1.82, 2.24) is 20.1 Å². The second-order valence-electron chi connectivity index (χ2n) is 5.29. The normalized spacial score (nSPS) is 14.3. The van der Waals surface area contributed by atoms with E-state index < -0.39 is 0 Å². The second-order valence-corrected chi connectivity index (χ2v) is 5.69. The average Bonchev–Trinajstić information content (AvgIpc) is 2.95. The number of rotatable bonds is 5. The first-order chi connectivity index (χ1) is 10.3. The van der Waals surface area contributed by atoms with Crippen molar-refractivity contribution in [2.45, 2.75) is 33.0 Å². The summed E-state index contributed by atoms with van der Waals surface area (Å²) >= 11 is 6.46. The molecule has 1 aromatic carbocycles. The molecule has 1 N–H and O–H groups in total. The molecule has 0 saturated carbocycles. The molecule has 5 nitrogen and oxygen atoms in total. The van der Waals surface area contributed by atoms with Crippen molar-refractivity contribution in [1.29, 1.82) is 0 Å². The summed E-state index contributed by atoms with van der Waals surface area (Å²) in [4.78, 5) is 2.30. The summed E-state index contributed by atoms with van der Waals surface area (Å²) in [6, 6.07) is 6.12. The molecule has 0 aliphatic carbocycles. The van der Waals surface area contributed by atoms with Crippen LogP contribution >= 0.6 is 11.6 Å². The first kappa shape index (κ1) is 14.4. The summed E-state index contributed by atoms with van der Waals surface area (Å²) in [5, 5.41) is 12.4. The minimum absolute atomic E-state index is 0.754. The van der Waals surface area contributed by atoms with Crippen molar-refractivity contribution < 1.29 is 0 Å². The third kappa shape index (κ3) is 3.04. The highest BCUT2D eigenvalue weighted by Crippen LogP contribution is 2.32. The topological polar surface area (TPSA) is 46.0 Å². The molecule has 0 atom stereocenters. The van der Waals surface area contributed by atoms with Crippen LogP contribution in [0.1, 0.15) is 24.7 Å². The predicted molar refractivity (Wildman–Crippen MR) is 84.5 cm³/mol. The molecular weight excluding hydrogens is 286 g/mol. The van der Waals surface area contributed by atoms with Crippen molar-refractivity contribution in [3.05, 3.63) is 40.9 Å². The van der Waals surface area contributed by atoms with E-state index in [9.17, 15) is 0 Å². The van der Waals surface area contributed by atoms with Crippen LogP contribution in [0.5, 0.6) is 0 Å². The number of aromatic nitrogens is 3. The maximum atomic E-state index is 6.46. The fourth-order valence-electron chi connectivity index (χ4n) is 2.71. The van der Waals surface area contributed by atoms with Crippen LogP contribution in [0, 0.1) is 0 Å². The van der Waals surface area contributed by atoms with Gasteiger partial charge in [-0.15, -0.1) is 10.2 Å². The summed E-state index contributed by atoms with van der Waals surface area (Å²) in [5.74, 6) is 0.994. The van der Waals surface area contributed by atoms with E-state index in [1.54, 1.807) is 6.33 Å². The molecule has 1 aromatic heterocycles. The third-order valence-corrected chi connectivity index (χ3v) is 4.07. The van der Waals surface area contributed by atoms with Crippen LogP contribution in [0.25, 0.3) is 0 Å². The van der Waals surface area contributed by atoms with E-state index in [0.29, 0.717) is 0 Å². The molecular formula is C15H20ClN5. The smallest absolute Gasteiger partial charge is 0.152 e. The molecule has 0 unspecified atom stereocenters. The highest BCUT2D eigenvalue weighted by Gasteiger charge is 2.21. The highest BCUT2D eigenvalue weighted by molar-refractivity contribution is 6.33. The maximum Gasteiger partial charge on any atom is 0.152 e. The Labute approximate surface area is 129 Å². The Morgan fingerprint density at radius 2 is 2.24 bits per heavy atom. The summed E-state index contributed by atoms with van der Waals surface area (Å²) < 4.78 is 2.10. The molecule has 1 aliphatic rings. The van der Waals surface area contributed by atoms with Crippen LogP contribution in [-0.2, 0) is 19.6 Å². The maximum absolute atomic E-state index is 6.46. The molecule has 2 heterocycles.